The molecule has 35 heavy (non-hydrogen) atoms. The van der Waals surface area contributed by atoms with Gasteiger partial charge in [-0.2, -0.15) is 5.10 Å². The molecule has 0 saturated carbocycles. The summed E-state index contributed by atoms with van der Waals surface area (Å²) in [4.78, 5) is 27.4. The molecule has 1 aliphatic heterocycles. The minimum atomic E-state index is -0.447. The molecule has 2 amide bonds. The third kappa shape index (κ3) is 4.98. The number of hydrogen-bond acceptors (Lipinski definition) is 7. The summed E-state index contributed by atoms with van der Waals surface area (Å²) in [5.74, 6) is 1.40. The number of hydrazone groups is 1. The summed E-state index contributed by atoms with van der Waals surface area (Å²) >= 11 is 0. The summed E-state index contributed by atoms with van der Waals surface area (Å²) in [5.41, 5.74) is 2.36. The molecule has 2 aromatic carbocycles. The van der Waals surface area contributed by atoms with Crippen molar-refractivity contribution in [3.63, 3.8) is 0 Å². The zero-order chi connectivity index (χ0) is 24.9. The lowest BCUT2D eigenvalue weighted by atomic mass is 9.97. The van der Waals surface area contributed by atoms with E-state index in [9.17, 15) is 9.59 Å². The van der Waals surface area contributed by atoms with Gasteiger partial charge in [0.25, 0.3) is 11.8 Å². The van der Waals surface area contributed by atoms with E-state index in [1.807, 2.05) is 30.3 Å². The van der Waals surface area contributed by atoms with Gasteiger partial charge in [0.15, 0.2) is 5.76 Å². The smallest absolute Gasteiger partial charge is 0.289 e. The molecule has 0 spiro atoms. The van der Waals surface area contributed by atoms with E-state index in [4.69, 9.17) is 18.6 Å². The van der Waals surface area contributed by atoms with Crippen molar-refractivity contribution < 1.29 is 28.2 Å². The van der Waals surface area contributed by atoms with Crippen molar-refractivity contribution in [3.8, 4) is 17.2 Å². The van der Waals surface area contributed by atoms with Crippen LogP contribution in [0.25, 0.3) is 0 Å². The zero-order valence-electron chi connectivity index (χ0n) is 20.1. The van der Waals surface area contributed by atoms with Gasteiger partial charge in [0.05, 0.1) is 39.3 Å². The lowest BCUT2D eigenvalue weighted by molar-refractivity contribution is -0.133. The van der Waals surface area contributed by atoms with Gasteiger partial charge in [-0.05, 0) is 60.2 Å². The fraction of sp³-hybridized carbons (Fsp3) is 0.269. The molecular formula is C26H27N3O6. The van der Waals surface area contributed by atoms with Crippen molar-refractivity contribution in [2.24, 2.45) is 5.10 Å². The Hall–Kier alpha value is -4.27. The van der Waals surface area contributed by atoms with E-state index in [0.717, 1.165) is 22.6 Å². The monoisotopic (exact) mass is 477 g/mol. The van der Waals surface area contributed by atoms with E-state index in [1.165, 1.54) is 16.2 Å². The first-order valence-corrected chi connectivity index (χ1v) is 11.0. The van der Waals surface area contributed by atoms with Crippen molar-refractivity contribution in [2.75, 3.05) is 34.9 Å². The first-order chi connectivity index (χ1) is 16.9. The number of furan rings is 1. The summed E-state index contributed by atoms with van der Waals surface area (Å²) in [5, 5.41) is 6.10. The second-order valence-corrected chi connectivity index (χ2v) is 7.98. The Labute approximate surface area is 203 Å². The minimum Gasteiger partial charge on any atom is -0.497 e. The standard InChI is InChI=1S/C26H27N3O6/c1-28(26(31)24-6-5-13-35-24)16-25(30)29-22(20-14-19(33-3)11-12-23(20)34-4)15-21(27-29)17-7-9-18(32-2)10-8-17/h5-14,22H,15-16H2,1-4H3. The maximum Gasteiger partial charge on any atom is 0.289 e. The molecule has 1 unspecified atom stereocenters. The largest absolute Gasteiger partial charge is 0.497 e. The molecule has 1 aromatic heterocycles. The molecule has 4 rings (SSSR count). The molecule has 0 bridgehead atoms. The van der Waals surface area contributed by atoms with Crippen molar-refractivity contribution in [3.05, 3.63) is 77.7 Å². The highest BCUT2D eigenvalue weighted by Crippen LogP contribution is 2.39. The van der Waals surface area contributed by atoms with Gasteiger partial charge in [-0.3, -0.25) is 9.59 Å². The van der Waals surface area contributed by atoms with Crippen LogP contribution < -0.4 is 14.2 Å². The predicted octanol–water partition coefficient (Wildman–Crippen LogP) is 3.76. The SMILES string of the molecule is COc1ccc(C2=NN(C(=O)CN(C)C(=O)c3ccco3)C(c3cc(OC)ccc3OC)C2)cc1. The highest BCUT2D eigenvalue weighted by Gasteiger charge is 2.36. The number of nitrogens with zero attached hydrogens (tertiary/aromatic N) is 3. The van der Waals surface area contributed by atoms with Gasteiger partial charge in [0.1, 0.15) is 23.8 Å². The van der Waals surface area contributed by atoms with Gasteiger partial charge in [0.2, 0.25) is 0 Å². The molecule has 9 heteroatoms. The molecule has 3 aromatic rings. The average molecular weight is 478 g/mol. The number of methoxy groups -OCH3 is 3. The molecule has 0 N–H and O–H groups in total. The number of ether oxygens (including phenoxy) is 3. The van der Waals surface area contributed by atoms with Crippen LogP contribution in [-0.2, 0) is 4.79 Å². The van der Waals surface area contributed by atoms with Crippen LogP contribution in [0, 0.1) is 0 Å². The Morgan fingerprint density at radius 3 is 2.37 bits per heavy atom. The number of carbonyl (C=O) groups is 2. The van der Waals surface area contributed by atoms with Gasteiger partial charge in [-0.1, -0.05) is 0 Å². The van der Waals surface area contributed by atoms with Gasteiger partial charge in [0, 0.05) is 19.0 Å². The maximum absolute atomic E-state index is 13.4. The Balaban J connectivity index is 1.66. The van der Waals surface area contributed by atoms with Crippen LogP contribution in [-0.4, -0.2) is 62.4 Å². The van der Waals surface area contributed by atoms with E-state index >= 15 is 0 Å². The number of likely N-dealkylation sites (N-methyl/N-ethyl adjacent to an activating group) is 1. The summed E-state index contributed by atoms with van der Waals surface area (Å²) in [6.45, 7) is -0.179. The summed E-state index contributed by atoms with van der Waals surface area (Å²) in [6, 6.07) is 15.7. The van der Waals surface area contributed by atoms with Crippen LogP contribution in [0.3, 0.4) is 0 Å². The third-order valence-corrected chi connectivity index (χ3v) is 5.84. The Kier molecular flexibility index (Phi) is 7.05. The van der Waals surface area contributed by atoms with Crippen LogP contribution in [0.1, 0.15) is 34.1 Å². The Morgan fingerprint density at radius 2 is 1.74 bits per heavy atom. The third-order valence-electron chi connectivity index (χ3n) is 5.84. The first-order valence-electron chi connectivity index (χ1n) is 11.0. The quantitative estimate of drug-likeness (QED) is 0.491. The molecule has 0 saturated heterocycles. The Morgan fingerprint density at radius 1 is 1.03 bits per heavy atom. The lowest BCUT2D eigenvalue weighted by Gasteiger charge is -2.26. The molecule has 1 aliphatic rings. The van der Waals surface area contributed by atoms with Crippen LogP contribution >= 0.6 is 0 Å². The van der Waals surface area contributed by atoms with Crippen LogP contribution in [0.5, 0.6) is 17.2 Å². The van der Waals surface area contributed by atoms with E-state index in [-0.39, 0.29) is 18.2 Å². The summed E-state index contributed by atoms with van der Waals surface area (Å²) in [7, 11) is 6.31. The highest BCUT2D eigenvalue weighted by molar-refractivity contribution is 6.03. The molecule has 1 atom stereocenters. The first kappa shape index (κ1) is 23.9. The normalized spacial score (nSPS) is 14.9. The van der Waals surface area contributed by atoms with E-state index in [2.05, 4.69) is 5.10 Å². The number of rotatable bonds is 8. The van der Waals surface area contributed by atoms with Crippen molar-refractivity contribution in [1.29, 1.82) is 0 Å². The van der Waals surface area contributed by atoms with Crippen LogP contribution in [0.4, 0.5) is 0 Å². The summed E-state index contributed by atoms with van der Waals surface area (Å²) in [6.07, 6.45) is 1.87. The van der Waals surface area contributed by atoms with Gasteiger partial charge >= 0.3 is 0 Å². The van der Waals surface area contributed by atoms with E-state index < -0.39 is 11.9 Å². The molecule has 182 valence electrons. The van der Waals surface area contributed by atoms with Gasteiger partial charge in [-0.15, -0.1) is 0 Å². The van der Waals surface area contributed by atoms with Gasteiger partial charge < -0.3 is 23.5 Å². The van der Waals surface area contributed by atoms with E-state index in [0.29, 0.717) is 17.9 Å². The molecule has 0 aliphatic carbocycles. The average Bonchev–Trinajstić information content (AvgIpc) is 3.58. The fourth-order valence-corrected chi connectivity index (χ4v) is 3.98. The number of amides is 2. The molecular weight excluding hydrogens is 450 g/mol. The highest BCUT2D eigenvalue weighted by atomic mass is 16.5. The minimum absolute atomic E-state index is 0.162. The summed E-state index contributed by atoms with van der Waals surface area (Å²) < 4.78 is 21.4. The predicted molar refractivity (Wildman–Crippen MR) is 129 cm³/mol. The van der Waals surface area contributed by atoms with Crippen molar-refractivity contribution >= 4 is 17.5 Å². The van der Waals surface area contributed by atoms with Crippen LogP contribution in [0.2, 0.25) is 0 Å². The number of carbonyl (C=O) groups excluding carboxylic acids is 2. The topological polar surface area (TPSA) is 93.8 Å². The van der Waals surface area contributed by atoms with E-state index in [1.54, 1.807) is 52.6 Å². The maximum atomic E-state index is 13.4. The molecule has 0 fully saturated rings. The van der Waals surface area contributed by atoms with Crippen molar-refractivity contribution in [1.82, 2.24) is 9.91 Å². The van der Waals surface area contributed by atoms with Gasteiger partial charge in [-0.25, -0.2) is 5.01 Å². The second-order valence-electron chi connectivity index (χ2n) is 7.98. The molecule has 0 radical (unpaired) electrons. The number of hydrogen-bond donors (Lipinski definition) is 0. The van der Waals surface area contributed by atoms with Crippen molar-refractivity contribution in [2.45, 2.75) is 12.5 Å². The Bertz CT molecular complexity index is 1220. The molecule has 9 nitrogen and oxygen atoms in total. The zero-order valence-corrected chi connectivity index (χ0v) is 20.1. The lowest BCUT2D eigenvalue weighted by Crippen LogP contribution is -2.39. The fourth-order valence-electron chi connectivity index (χ4n) is 3.98. The second kappa shape index (κ2) is 10.3. The van der Waals surface area contributed by atoms with Crippen LogP contribution in [0.15, 0.2) is 70.4 Å². The molecule has 2 heterocycles. The number of benzene rings is 2.